The van der Waals surface area contributed by atoms with E-state index in [-0.39, 0.29) is 13.0 Å². The van der Waals surface area contributed by atoms with Gasteiger partial charge in [0.15, 0.2) is 5.60 Å². The minimum absolute atomic E-state index is 0.107. The zero-order chi connectivity index (χ0) is 9.19. The highest BCUT2D eigenvalue weighted by Gasteiger charge is 2.39. The van der Waals surface area contributed by atoms with E-state index in [1.54, 1.807) is 0 Å². The second-order valence-corrected chi connectivity index (χ2v) is 2.99. The summed E-state index contributed by atoms with van der Waals surface area (Å²) in [4.78, 5) is 21.4. The Balaban J connectivity index is 2.65. The maximum absolute atomic E-state index is 11.1. The van der Waals surface area contributed by atoms with Gasteiger partial charge >= 0.3 is 0 Å². The molecule has 5 heteroatoms. The summed E-state index contributed by atoms with van der Waals surface area (Å²) in [5, 5.41) is 11.9. The molecule has 0 radical (unpaired) electrons. The molecule has 0 aromatic rings. The highest BCUT2D eigenvalue weighted by Crippen LogP contribution is 2.17. The van der Waals surface area contributed by atoms with E-state index in [0.29, 0.717) is 12.7 Å². The summed E-state index contributed by atoms with van der Waals surface area (Å²) in [5.41, 5.74) is 3.74. The van der Waals surface area contributed by atoms with E-state index in [9.17, 15) is 14.7 Å². The van der Waals surface area contributed by atoms with Gasteiger partial charge in [-0.1, -0.05) is 0 Å². The molecule has 1 rings (SSSR count). The number of aliphatic hydroxyl groups is 1. The Morgan fingerprint density at radius 2 is 2.50 bits per heavy atom. The number of aldehydes is 1. The summed E-state index contributed by atoms with van der Waals surface area (Å²) in [6.07, 6.45) is 1.36. The first kappa shape index (κ1) is 9.15. The van der Waals surface area contributed by atoms with E-state index in [4.69, 9.17) is 5.73 Å². The summed E-state index contributed by atoms with van der Waals surface area (Å²) in [7, 11) is 0. The SMILES string of the molecule is NC[C@@]1(O)CCC(C=O)NC1=O. The van der Waals surface area contributed by atoms with Gasteiger partial charge in [-0.3, -0.25) is 4.79 Å². The Bertz CT molecular complexity index is 207. The molecule has 0 saturated carbocycles. The van der Waals surface area contributed by atoms with Crippen LogP contribution in [0.4, 0.5) is 0 Å². The van der Waals surface area contributed by atoms with Crippen molar-refractivity contribution in [2.75, 3.05) is 6.54 Å². The molecule has 1 amide bonds. The first-order chi connectivity index (χ1) is 5.62. The molecule has 1 unspecified atom stereocenters. The van der Waals surface area contributed by atoms with Crippen LogP contribution in [-0.4, -0.2) is 35.5 Å². The third-order valence-electron chi connectivity index (χ3n) is 2.11. The zero-order valence-corrected chi connectivity index (χ0v) is 6.62. The Kier molecular flexibility index (Phi) is 2.44. The molecule has 68 valence electrons. The van der Waals surface area contributed by atoms with Crippen LogP contribution in [0.25, 0.3) is 0 Å². The predicted octanol–water partition coefficient (Wildman–Crippen LogP) is -1.85. The largest absolute Gasteiger partial charge is 0.379 e. The van der Waals surface area contributed by atoms with E-state index in [1.165, 1.54) is 0 Å². The standard InChI is InChI=1S/C7H12N2O3/c8-4-7(12)2-1-5(3-10)9-6(7)11/h3,5,12H,1-2,4,8H2,(H,9,11)/t5?,7-/m0/s1. The van der Waals surface area contributed by atoms with Gasteiger partial charge in [0.1, 0.15) is 6.29 Å². The van der Waals surface area contributed by atoms with Crippen LogP contribution in [0.15, 0.2) is 0 Å². The van der Waals surface area contributed by atoms with Crippen molar-refractivity contribution in [1.29, 1.82) is 0 Å². The van der Waals surface area contributed by atoms with Crippen LogP contribution in [0.5, 0.6) is 0 Å². The fraction of sp³-hybridized carbons (Fsp3) is 0.714. The molecule has 0 aliphatic carbocycles. The number of rotatable bonds is 2. The van der Waals surface area contributed by atoms with Gasteiger partial charge in [0.2, 0.25) is 0 Å². The number of nitrogens with two attached hydrogens (primary N) is 1. The van der Waals surface area contributed by atoms with Crippen LogP contribution in [0.3, 0.4) is 0 Å². The molecule has 0 aromatic heterocycles. The van der Waals surface area contributed by atoms with Gasteiger partial charge in [-0.15, -0.1) is 0 Å². The Morgan fingerprint density at radius 1 is 1.83 bits per heavy atom. The zero-order valence-electron chi connectivity index (χ0n) is 6.62. The van der Waals surface area contributed by atoms with Crippen molar-refractivity contribution in [1.82, 2.24) is 5.32 Å². The van der Waals surface area contributed by atoms with E-state index in [0.717, 1.165) is 0 Å². The number of hydrogen-bond acceptors (Lipinski definition) is 4. The minimum Gasteiger partial charge on any atom is -0.379 e. The molecule has 5 nitrogen and oxygen atoms in total. The van der Waals surface area contributed by atoms with E-state index in [1.807, 2.05) is 0 Å². The van der Waals surface area contributed by atoms with Crippen molar-refractivity contribution in [2.24, 2.45) is 5.73 Å². The van der Waals surface area contributed by atoms with Crippen molar-refractivity contribution >= 4 is 12.2 Å². The lowest BCUT2D eigenvalue weighted by Gasteiger charge is -2.32. The fourth-order valence-corrected chi connectivity index (χ4v) is 1.18. The Labute approximate surface area is 69.9 Å². The van der Waals surface area contributed by atoms with Gasteiger partial charge in [-0.25, -0.2) is 0 Å². The summed E-state index contributed by atoms with van der Waals surface area (Å²) < 4.78 is 0. The molecule has 1 heterocycles. The quantitative estimate of drug-likeness (QED) is 0.426. The summed E-state index contributed by atoms with van der Waals surface area (Å²) in [6.45, 7) is -0.107. The highest BCUT2D eigenvalue weighted by atomic mass is 16.3. The molecule has 2 atom stereocenters. The van der Waals surface area contributed by atoms with Gasteiger partial charge in [0, 0.05) is 6.54 Å². The summed E-state index contributed by atoms with van der Waals surface area (Å²) in [6, 6.07) is -0.468. The lowest BCUT2D eigenvalue weighted by molar-refractivity contribution is -0.145. The number of piperidine rings is 1. The smallest absolute Gasteiger partial charge is 0.253 e. The van der Waals surface area contributed by atoms with Gasteiger partial charge in [0.05, 0.1) is 6.04 Å². The molecule has 1 aliphatic heterocycles. The predicted molar refractivity (Wildman–Crippen MR) is 41.2 cm³/mol. The molecule has 1 aliphatic rings. The molecule has 1 fully saturated rings. The highest BCUT2D eigenvalue weighted by molar-refractivity contribution is 5.88. The molecule has 1 saturated heterocycles. The Morgan fingerprint density at radius 3 is 2.92 bits per heavy atom. The Hall–Kier alpha value is -0.940. The molecular formula is C7H12N2O3. The number of carbonyl (C=O) groups is 2. The van der Waals surface area contributed by atoms with Gasteiger partial charge in [0.25, 0.3) is 5.91 Å². The molecule has 0 aromatic carbocycles. The second-order valence-electron chi connectivity index (χ2n) is 2.99. The van der Waals surface area contributed by atoms with E-state index in [2.05, 4.69) is 5.32 Å². The molecule has 0 bridgehead atoms. The van der Waals surface area contributed by atoms with Gasteiger partial charge in [-0.2, -0.15) is 0 Å². The third kappa shape index (κ3) is 1.46. The third-order valence-corrected chi connectivity index (χ3v) is 2.11. The molecule has 12 heavy (non-hydrogen) atoms. The van der Waals surface area contributed by atoms with Crippen molar-refractivity contribution in [3.05, 3.63) is 0 Å². The number of nitrogens with one attached hydrogen (secondary N) is 1. The average molecular weight is 172 g/mol. The van der Waals surface area contributed by atoms with Crippen LogP contribution >= 0.6 is 0 Å². The summed E-state index contributed by atoms with van der Waals surface area (Å²) in [5.74, 6) is -0.548. The monoisotopic (exact) mass is 172 g/mol. The second kappa shape index (κ2) is 3.20. The van der Waals surface area contributed by atoms with E-state index >= 15 is 0 Å². The van der Waals surface area contributed by atoms with Crippen LogP contribution in [-0.2, 0) is 9.59 Å². The van der Waals surface area contributed by atoms with Crippen molar-refractivity contribution < 1.29 is 14.7 Å². The summed E-state index contributed by atoms with van der Waals surface area (Å²) >= 11 is 0. The van der Waals surface area contributed by atoms with Crippen LogP contribution < -0.4 is 11.1 Å². The van der Waals surface area contributed by atoms with Crippen LogP contribution in [0.2, 0.25) is 0 Å². The van der Waals surface area contributed by atoms with Gasteiger partial charge in [-0.05, 0) is 12.8 Å². The maximum Gasteiger partial charge on any atom is 0.253 e. The van der Waals surface area contributed by atoms with Gasteiger partial charge < -0.3 is 21.0 Å². The molecular weight excluding hydrogens is 160 g/mol. The molecule has 4 N–H and O–H groups in total. The van der Waals surface area contributed by atoms with E-state index < -0.39 is 17.6 Å². The fourth-order valence-electron chi connectivity index (χ4n) is 1.18. The normalized spacial score (nSPS) is 35.8. The number of amides is 1. The van der Waals surface area contributed by atoms with Crippen molar-refractivity contribution in [3.63, 3.8) is 0 Å². The topological polar surface area (TPSA) is 92.4 Å². The number of carbonyl (C=O) groups excluding carboxylic acids is 2. The lowest BCUT2D eigenvalue weighted by Crippen LogP contribution is -2.59. The van der Waals surface area contributed by atoms with Crippen molar-refractivity contribution in [3.8, 4) is 0 Å². The molecule has 0 spiro atoms. The maximum atomic E-state index is 11.1. The first-order valence-corrected chi connectivity index (χ1v) is 3.81. The van der Waals surface area contributed by atoms with Crippen LogP contribution in [0, 0.1) is 0 Å². The number of hydrogen-bond donors (Lipinski definition) is 3. The first-order valence-electron chi connectivity index (χ1n) is 3.81. The van der Waals surface area contributed by atoms with Crippen molar-refractivity contribution in [2.45, 2.75) is 24.5 Å². The lowest BCUT2D eigenvalue weighted by atomic mass is 9.90. The van der Waals surface area contributed by atoms with Crippen LogP contribution in [0.1, 0.15) is 12.8 Å². The minimum atomic E-state index is -1.47. The average Bonchev–Trinajstić information content (AvgIpc) is 2.10.